The summed E-state index contributed by atoms with van der Waals surface area (Å²) < 4.78 is 24.4. The Hall–Kier alpha value is -2.71. The second-order valence-electron chi connectivity index (χ2n) is 8.11. The minimum atomic E-state index is 0.00160. The van der Waals surface area contributed by atoms with Crippen LogP contribution in [0.5, 0.6) is 11.5 Å². The van der Waals surface area contributed by atoms with Crippen LogP contribution in [0.2, 0.25) is 0 Å². The fraction of sp³-hybridized carbons (Fsp3) is 0.423. The van der Waals surface area contributed by atoms with Gasteiger partial charge in [-0.15, -0.1) is 0 Å². The van der Waals surface area contributed by atoms with Gasteiger partial charge in [-0.25, -0.2) is 0 Å². The highest BCUT2D eigenvalue weighted by molar-refractivity contribution is 5.81. The van der Waals surface area contributed by atoms with E-state index in [0.717, 1.165) is 28.8 Å². The Morgan fingerprint density at radius 2 is 1.94 bits per heavy atom. The number of para-hydroxylation sites is 1. The molecule has 1 aromatic heterocycles. The molecule has 33 heavy (non-hydrogen) atoms. The van der Waals surface area contributed by atoms with E-state index in [1.807, 2.05) is 66.1 Å². The van der Waals surface area contributed by atoms with Crippen LogP contribution in [0.3, 0.4) is 0 Å². The number of nitrogens with zero attached hydrogens (tertiary/aromatic N) is 2. The Balaban J connectivity index is 1.68. The third-order valence-corrected chi connectivity index (χ3v) is 5.87. The summed E-state index contributed by atoms with van der Waals surface area (Å²) in [5.41, 5.74) is 1.60. The van der Waals surface area contributed by atoms with Crippen LogP contribution >= 0.6 is 0 Å². The van der Waals surface area contributed by atoms with Crippen molar-refractivity contribution in [3.63, 3.8) is 0 Å². The average molecular weight is 453 g/mol. The molecule has 1 saturated heterocycles. The van der Waals surface area contributed by atoms with Crippen LogP contribution in [0.25, 0.3) is 10.9 Å². The topological polar surface area (TPSA) is 62.2 Å². The van der Waals surface area contributed by atoms with Gasteiger partial charge in [0.1, 0.15) is 11.5 Å². The average Bonchev–Trinajstić information content (AvgIpc) is 2.83. The molecule has 0 bridgehead atoms. The highest BCUT2D eigenvalue weighted by Gasteiger charge is 2.24. The first-order chi connectivity index (χ1) is 16.2. The Morgan fingerprint density at radius 1 is 1.09 bits per heavy atom. The third-order valence-electron chi connectivity index (χ3n) is 5.87. The van der Waals surface area contributed by atoms with Gasteiger partial charge >= 0.3 is 0 Å². The molecule has 0 radical (unpaired) electrons. The van der Waals surface area contributed by atoms with E-state index < -0.39 is 0 Å². The summed E-state index contributed by atoms with van der Waals surface area (Å²) in [6.45, 7) is 6.70. The Bertz CT molecular complexity index is 1100. The molecule has 2 aromatic carbocycles. The van der Waals surface area contributed by atoms with E-state index in [0.29, 0.717) is 51.9 Å². The molecule has 0 amide bonds. The van der Waals surface area contributed by atoms with E-state index >= 15 is 0 Å². The molecule has 2 heterocycles. The largest absolute Gasteiger partial charge is 0.457 e. The molecule has 7 nitrogen and oxygen atoms in total. The summed E-state index contributed by atoms with van der Waals surface area (Å²) in [5, 5.41) is 0.998. The highest BCUT2D eigenvalue weighted by Crippen LogP contribution is 2.26. The summed E-state index contributed by atoms with van der Waals surface area (Å²) in [6.07, 6.45) is 0. The first kappa shape index (κ1) is 23.4. The van der Waals surface area contributed by atoms with Crippen molar-refractivity contribution in [2.45, 2.75) is 26.1 Å². The molecule has 0 spiro atoms. The lowest BCUT2D eigenvalue weighted by Crippen LogP contribution is -2.48. The van der Waals surface area contributed by atoms with Crippen molar-refractivity contribution < 1.29 is 18.9 Å². The van der Waals surface area contributed by atoms with Crippen LogP contribution in [0, 0.1) is 0 Å². The van der Waals surface area contributed by atoms with Gasteiger partial charge in [0, 0.05) is 45.0 Å². The van der Waals surface area contributed by atoms with E-state index in [9.17, 15) is 4.79 Å². The summed E-state index contributed by atoms with van der Waals surface area (Å²) in [7, 11) is 1.69. The minimum Gasteiger partial charge on any atom is -0.457 e. The third kappa shape index (κ3) is 5.81. The minimum absolute atomic E-state index is 0.00160. The molecule has 1 aliphatic rings. The van der Waals surface area contributed by atoms with Crippen LogP contribution in [-0.4, -0.2) is 62.2 Å². The molecule has 0 N–H and O–H groups in total. The summed E-state index contributed by atoms with van der Waals surface area (Å²) in [4.78, 5) is 15.8. The van der Waals surface area contributed by atoms with E-state index in [-0.39, 0.29) is 11.6 Å². The number of hydrogen-bond acceptors (Lipinski definition) is 6. The van der Waals surface area contributed by atoms with Crippen molar-refractivity contribution in [2.75, 3.05) is 46.7 Å². The van der Waals surface area contributed by atoms with E-state index in [4.69, 9.17) is 18.9 Å². The Morgan fingerprint density at radius 3 is 2.73 bits per heavy atom. The fourth-order valence-corrected chi connectivity index (χ4v) is 4.20. The molecule has 1 atom stereocenters. The van der Waals surface area contributed by atoms with E-state index in [1.165, 1.54) is 0 Å². The molecule has 176 valence electrons. The van der Waals surface area contributed by atoms with Crippen LogP contribution in [0.4, 0.5) is 0 Å². The number of hydrogen-bond donors (Lipinski definition) is 0. The number of fused-ring (bicyclic) bond motifs is 1. The van der Waals surface area contributed by atoms with Crippen molar-refractivity contribution in [3.05, 3.63) is 70.5 Å². The lowest BCUT2D eigenvalue weighted by Gasteiger charge is -2.35. The maximum atomic E-state index is 13.6. The zero-order valence-electron chi connectivity index (χ0n) is 19.4. The highest BCUT2D eigenvalue weighted by atomic mass is 16.5. The van der Waals surface area contributed by atoms with Crippen LogP contribution in [0.1, 0.15) is 12.5 Å². The van der Waals surface area contributed by atoms with Gasteiger partial charge in [-0.05, 0) is 42.6 Å². The zero-order chi connectivity index (χ0) is 23.0. The van der Waals surface area contributed by atoms with E-state index in [2.05, 4.69) is 4.90 Å². The second-order valence-corrected chi connectivity index (χ2v) is 8.11. The van der Waals surface area contributed by atoms with Gasteiger partial charge in [0.05, 0.1) is 38.0 Å². The van der Waals surface area contributed by atoms with E-state index in [1.54, 1.807) is 7.11 Å². The molecule has 1 fully saturated rings. The lowest BCUT2D eigenvalue weighted by atomic mass is 10.1. The number of benzene rings is 2. The molecular weight excluding hydrogens is 420 g/mol. The van der Waals surface area contributed by atoms with Gasteiger partial charge in [0.25, 0.3) is 5.56 Å². The number of methoxy groups -OCH3 is 1. The van der Waals surface area contributed by atoms with Gasteiger partial charge in [0.15, 0.2) is 0 Å². The van der Waals surface area contributed by atoms with Gasteiger partial charge in [-0.3, -0.25) is 9.69 Å². The van der Waals surface area contributed by atoms with Crippen molar-refractivity contribution in [2.24, 2.45) is 0 Å². The van der Waals surface area contributed by atoms with Gasteiger partial charge in [-0.2, -0.15) is 0 Å². The monoisotopic (exact) mass is 452 g/mol. The van der Waals surface area contributed by atoms with Crippen molar-refractivity contribution in [3.8, 4) is 11.5 Å². The number of ether oxygens (including phenoxy) is 4. The summed E-state index contributed by atoms with van der Waals surface area (Å²) in [6, 6.07) is 17.7. The van der Waals surface area contributed by atoms with Crippen LogP contribution in [-0.2, 0) is 27.3 Å². The molecule has 1 aliphatic heterocycles. The first-order valence-corrected chi connectivity index (χ1v) is 11.5. The van der Waals surface area contributed by atoms with Crippen molar-refractivity contribution in [1.29, 1.82) is 0 Å². The zero-order valence-corrected chi connectivity index (χ0v) is 19.4. The number of rotatable bonds is 10. The fourth-order valence-electron chi connectivity index (χ4n) is 4.20. The van der Waals surface area contributed by atoms with Gasteiger partial charge in [0.2, 0.25) is 0 Å². The second kappa shape index (κ2) is 11.4. The van der Waals surface area contributed by atoms with Gasteiger partial charge < -0.3 is 23.5 Å². The number of aromatic nitrogens is 1. The summed E-state index contributed by atoms with van der Waals surface area (Å²) in [5.74, 6) is 1.45. The van der Waals surface area contributed by atoms with Crippen LogP contribution < -0.4 is 10.3 Å². The van der Waals surface area contributed by atoms with Crippen molar-refractivity contribution in [1.82, 2.24) is 9.47 Å². The molecule has 7 heteroatoms. The van der Waals surface area contributed by atoms with Crippen molar-refractivity contribution >= 4 is 10.9 Å². The standard InChI is InChI=1S/C26H32N2O5/c1-3-31-14-12-28-25-16-24(33-23-7-5-4-6-8-23)10-9-20(25)15-21(26(28)29)17-27-11-13-32-19-22(27)18-30-2/h4-10,15-16,22H,3,11-14,17-19H2,1-2H3. The number of pyridine rings is 1. The molecule has 1 unspecified atom stereocenters. The SMILES string of the molecule is CCOCCn1c(=O)c(CN2CCOCC2COC)cc2ccc(Oc3ccccc3)cc21. The smallest absolute Gasteiger partial charge is 0.255 e. The normalized spacial score (nSPS) is 16.8. The van der Waals surface area contributed by atoms with Gasteiger partial charge in [-0.1, -0.05) is 18.2 Å². The molecular formula is C26H32N2O5. The number of morpholine rings is 1. The lowest BCUT2D eigenvalue weighted by molar-refractivity contribution is -0.0389. The quantitative estimate of drug-likeness (QED) is 0.438. The predicted molar refractivity (Wildman–Crippen MR) is 128 cm³/mol. The Kier molecular flexibility index (Phi) is 8.12. The summed E-state index contributed by atoms with van der Waals surface area (Å²) >= 11 is 0. The molecule has 0 saturated carbocycles. The maximum Gasteiger partial charge on any atom is 0.255 e. The first-order valence-electron chi connectivity index (χ1n) is 11.5. The molecule has 3 aromatic rings. The predicted octanol–water partition coefficient (Wildman–Crippen LogP) is 3.68. The molecule has 0 aliphatic carbocycles. The van der Waals surface area contributed by atoms with Crippen LogP contribution in [0.15, 0.2) is 59.4 Å². The maximum absolute atomic E-state index is 13.6. The Labute approximate surface area is 194 Å². The molecule has 4 rings (SSSR count).